The van der Waals surface area contributed by atoms with E-state index >= 15 is 0 Å². The van der Waals surface area contributed by atoms with Gasteiger partial charge in [0.2, 0.25) is 0 Å². The standard InChI is InChI=1S/C14H17NO2/c16-14-12(10-15-5-7-17-8-6-15)9-11-3-1-2-4-13(11)14/h1-4,12H,5-10H2. The normalized spacial score (nSPS) is 24.9. The zero-order valence-electron chi connectivity index (χ0n) is 9.89. The number of fused-ring (bicyclic) bond motifs is 1. The van der Waals surface area contributed by atoms with Gasteiger partial charge in [-0.2, -0.15) is 0 Å². The third-order valence-electron chi connectivity index (χ3n) is 3.70. The molecule has 17 heavy (non-hydrogen) atoms. The molecule has 90 valence electrons. The predicted octanol–water partition coefficient (Wildman–Crippen LogP) is 1.37. The Bertz CT molecular complexity index is 424. The van der Waals surface area contributed by atoms with Gasteiger partial charge in [-0.3, -0.25) is 9.69 Å². The fourth-order valence-electron chi connectivity index (χ4n) is 2.76. The lowest BCUT2D eigenvalue weighted by Gasteiger charge is -2.28. The fourth-order valence-corrected chi connectivity index (χ4v) is 2.76. The number of hydrogen-bond acceptors (Lipinski definition) is 3. The Morgan fingerprint density at radius 2 is 2.00 bits per heavy atom. The first-order valence-electron chi connectivity index (χ1n) is 6.27. The Balaban J connectivity index is 1.69. The molecule has 0 amide bonds. The number of ether oxygens (including phenoxy) is 1. The number of Topliss-reactive ketones (excluding diaryl/α,β-unsaturated/α-hetero) is 1. The van der Waals surface area contributed by atoms with Crippen molar-refractivity contribution in [1.82, 2.24) is 4.90 Å². The van der Waals surface area contributed by atoms with Crippen molar-refractivity contribution in [3.05, 3.63) is 35.4 Å². The van der Waals surface area contributed by atoms with Gasteiger partial charge in [-0.05, 0) is 12.0 Å². The number of nitrogens with zero attached hydrogens (tertiary/aromatic N) is 1. The number of benzene rings is 1. The fraction of sp³-hybridized carbons (Fsp3) is 0.500. The Kier molecular flexibility index (Phi) is 2.95. The molecule has 1 fully saturated rings. The first-order valence-corrected chi connectivity index (χ1v) is 6.27. The quantitative estimate of drug-likeness (QED) is 0.770. The second kappa shape index (κ2) is 4.59. The van der Waals surface area contributed by atoms with Gasteiger partial charge in [0.25, 0.3) is 0 Å². The first kappa shape index (κ1) is 10.9. The van der Waals surface area contributed by atoms with Crippen LogP contribution in [-0.4, -0.2) is 43.5 Å². The van der Waals surface area contributed by atoms with Crippen LogP contribution < -0.4 is 0 Å². The summed E-state index contributed by atoms with van der Waals surface area (Å²) in [5.41, 5.74) is 2.15. The van der Waals surface area contributed by atoms with Crippen LogP contribution in [0.25, 0.3) is 0 Å². The van der Waals surface area contributed by atoms with Crippen LogP contribution in [0.2, 0.25) is 0 Å². The van der Waals surface area contributed by atoms with E-state index in [4.69, 9.17) is 4.74 Å². The molecule has 1 aliphatic heterocycles. The van der Waals surface area contributed by atoms with Crippen LogP contribution >= 0.6 is 0 Å². The first-order chi connectivity index (χ1) is 8.34. The van der Waals surface area contributed by atoms with E-state index in [1.165, 1.54) is 5.56 Å². The molecule has 3 nitrogen and oxygen atoms in total. The summed E-state index contributed by atoms with van der Waals surface area (Å²) >= 11 is 0. The monoisotopic (exact) mass is 231 g/mol. The summed E-state index contributed by atoms with van der Waals surface area (Å²) in [5, 5.41) is 0. The zero-order chi connectivity index (χ0) is 11.7. The minimum atomic E-state index is 0.158. The second-order valence-corrected chi connectivity index (χ2v) is 4.84. The Morgan fingerprint density at radius 1 is 1.24 bits per heavy atom. The van der Waals surface area contributed by atoms with E-state index in [1.54, 1.807) is 0 Å². The van der Waals surface area contributed by atoms with Gasteiger partial charge < -0.3 is 4.74 Å². The Hall–Kier alpha value is -1.19. The van der Waals surface area contributed by atoms with E-state index < -0.39 is 0 Å². The van der Waals surface area contributed by atoms with Crippen LogP contribution in [0.15, 0.2) is 24.3 Å². The highest BCUT2D eigenvalue weighted by atomic mass is 16.5. The van der Waals surface area contributed by atoms with Gasteiger partial charge >= 0.3 is 0 Å². The molecule has 0 saturated carbocycles. The molecule has 0 N–H and O–H groups in total. The number of rotatable bonds is 2. The van der Waals surface area contributed by atoms with Crippen molar-refractivity contribution in [3.8, 4) is 0 Å². The van der Waals surface area contributed by atoms with Crippen molar-refractivity contribution in [3.63, 3.8) is 0 Å². The van der Waals surface area contributed by atoms with E-state index in [1.807, 2.05) is 18.2 Å². The lowest BCUT2D eigenvalue weighted by atomic mass is 10.0. The van der Waals surface area contributed by atoms with Gasteiger partial charge in [0.05, 0.1) is 13.2 Å². The Labute approximate surface area is 101 Å². The maximum absolute atomic E-state index is 12.2. The summed E-state index contributed by atoms with van der Waals surface area (Å²) in [6.45, 7) is 4.40. The smallest absolute Gasteiger partial charge is 0.167 e. The molecular formula is C14H17NO2. The summed E-state index contributed by atoms with van der Waals surface area (Å²) in [6.07, 6.45) is 0.909. The molecular weight excluding hydrogens is 214 g/mol. The average Bonchev–Trinajstić information content (AvgIpc) is 2.68. The van der Waals surface area contributed by atoms with Crippen LogP contribution in [0.5, 0.6) is 0 Å². The molecule has 3 rings (SSSR count). The summed E-state index contributed by atoms with van der Waals surface area (Å²) in [5.74, 6) is 0.484. The summed E-state index contributed by atoms with van der Waals surface area (Å²) in [7, 11) is 0. The van der Waals surface area contributed by atoms with Crippen molar-refractivity contribution < 1.29 is 9.53 Å². The molecule has 1 aromatic carbocycles. The maximum Gasteiger partial charge on any atom is 0.167 e. The number of morpholine rings is 1. The van der Waals surface area contributed by atoms with Gasteiger partial charge in [-0.1, -0.05) is 24.3 Å². The molecule has 0 aromatic heterocycles. The van der Waals surface area contributed by atoms with Gasteiger partial charge in [0, 0.05) is 31.1 Å². The minimum Gasteiger partial charge on any atom is -0.379 e. The van der Waals surface area contributed by atoms with Crippen LogP contribution in [0.3, 0.4) is 0 Å². The second-order valence-electron chi connectivity index (χ2n) is 4.84. The molecule has 2 aliphatic rings. The van der Waals surface area contributed by atoms with Crippen LogP contribution in [0.1, 0.15) is 15.9 Å². The van der Waals surface area contributed by atoms with Gasteiger partial charge in [-0.25, -0.2) is 0 Å². The van der Waals surface area contributed by atoms with E-state index in [0.29, 0.717) is 5.78 Å². The number of hydrogen-bond donors (Lipinski definition) is 0. The van der Waals surface area contributed by atoms with Crippen molar-refractivity contribution >= 4 is 5.78 Å². The largest absolute Gasteiger partial charge is 0.379 e. The van der Waals surface area contributed by atoms with Gasteiger partial charge in [0.15, 0.2) is 5.78 Å². The highest BCUT2D eigenvalue weighted by Crippen LogP contribution is 2.27. The highest BCUT2D eigenvalue weighted by Gasteiger charge is 2.31. The van der Waals surface area contributed by atoms with Crippen LogP contribution in [0, 0.1) is 5.92 Å². The third kappa shape index (κ3) is 2.13. The molecule has 3 heteroatoms. The van der Waals surface area contributed by atoms with E-state index in [9.17, 15) is 4.79 Å². The highest BCUT2D eigenvalue weighted by molar-refractivity contribution is 6.02. The molecule has 1 heterocycles. The molecule has 0 spiro atoms. The molecule has 1 aromatic rings. The summed E-state index contributed by atoms with van der Waals surface area (Å²) in [4.78, 5) is 14.6. The maximum atomic E-state index is 12.2. The predicted molar refractivity (Wildman–Crippen MR) is 65.2 cm³/mol. The van der Waals surface area contributed by atoms with Crippen molar-refractivity contribution in [2.45, 2.75) is 6.42 Å². The molecule has 1 saturated heterocycles. The van der Waals surface area contributed by atoms with E-state index in [0.717, 1.165) is 44.8 Å². The lowest BCUT2D eigenvalue weighted by Crippen LogP contribution is -2.40. The molecule has 0 bridgehead atoms. The van der Waals surface area contributed by atoms with E-state index in [-0.39, 0.29) is 5.92 Å². The number of carbonyl (C=O) groups is 1. The Morgan fingerprint density at radius 3 is 2.76 bits per heavy atom. The number of carbonyl (C=O) groups excluding carboxylic acids is 1. The van der Waals surface area contributed by atoms with Gasteiger partial charge in [-0.15, -0.1) is 0 Å². The summed E-state index contributed by atoms with van der Waals surface area (Å²) < 4.78 is 5.33. The lowest BCUT2D eigenvalue weighted by molar-refractivity contribution is 0.0308. The number of ketones is 1. The minimum absolute atomic E-state index is 0.158. The third-order valence-corrected chi connectivity index (χ3v) is 3.70. The summed E-state index contributed by atoms with van der Waals surface area (Å²) in [6, 6.07) is 8.00. The zero-order valence-corrected chi connectivity index (χ0v) is 9.89. The van der Waals surface area contributed by atoms with Gasteiger partial charge in [0.1, 0.15) is 0 Å². The molecule has 1 unspecified atom stereocenters. The topological polar surface area (TPSA) is 29.5 Å². The SMILES string of the molecule is O=C1c2ccccc2CC1CN1CCOCC1. The molecule has 0 radical (unpaired) electrons. The average molecular weight is 231 g/mol. The van der Waals surface area contributed by atoms with Crippen molar-refractivity contribution in [1.29, 1.82) is 0 Å². The van der Waals surface area contributed by atoms with Crippen LogP contribution in [-0.2, 0) is 11.2 Å². The van der Waals surface area contributed by atoms with Crippen molar-refractivity contribution in [2.75, 3.05) is 32.8 Å². The molecule has 1 atom stereocenters. The molecule has 1 aliphatic carbocycles. The van der Waals surface area contributed by atoms with E-state index in [2.05, 4.69) is 11.0 Å². The van der Waals surface area contributed by atoms with Crippen molar-refractivity contribution in [2.24, 2.45) is 5.92 Å². The van der Waals surface area contributed by atoms with Crippen LogP contribution in [0.4, 0.5) is 0 Å².